The van der Waals surface area contributed by atoms with E-state index in [4.69, 9.17) is 4.74 Å². The highest BCUT2D eigenvalue weighted by Gasteiger charge is 2.18. The first-order chi connectivity index (χ1) is 6.96. The molecular weight excluding hydrogens is 274 g/mol. The summed E-state index contributed by atoms with van der Waals surface area (Å²) in [5, 5.41) is 5.57. The summed E-state index contributed by atoms with van der Waals surface area (Å²) in [4.78, 5) is 1.34. The van der Waals surface area contributed by atoms with Crippen LogP contribution < -0.4 is 5.32 Å². The fraction of sp³-hybridized carbons (Fsp3) is 0.636. The lowest BCUT2D eigenvalue weighted by Gasteiger charge is -2.25. The third-order valence-electron chi connectivity index (χ3n) is 2.42. The highest BCUT2D eigenvalue weighted by atomic mass is 79.9. The maximum Gasteiger partial charge on any atom is 0.0746 e. The van der Waals surface area contributed by atoms with Gasteiger partial charge in [0, 0.05) is 29.0 Å². The van der Waals surface area contributed by atoms with E-state index in [0.29, 0.717) is 6.04 Å². The number of nitrogens with one attached hydrogen (secondary N) is 1. The molecule has 1 N–H and O–H groups in total. The molecule has 0 saturated heterocycles. The summed E-state index contributed by atoms with van der Waals surface area (Å²) in [5.74, 6) is 0. The lowest BCUT2D eigenvalue weighted by molar-refractivity contribution is 0.0215. The van der Waals surface area contributed by atoms with Crippen molar-refractivity contribution in [2.45, 2.75) is 32.4 Å². The smallest absolute Gasteiger partial charge is 0.0746 e. The summed E-state index contributed by atoms with van der Waals surface area (Å²) in [6.07, 6.45) is 0. The molecule has 0 fully saturated rings. The average molecular weight is 292 g/mol. The largest absolute Gasteiger partial charge is 0.377 e. The molecule has 86 valence electrons. The molecule has 2 nitrogen and oxygen atoms in total. The van der Waals surface area contributed by atoms with Crippen molar-refractivity contribution in [2.24, 2.45) is 0 Å². The van der Waals surface area contributed by atoms with E-state index in [1.807, 2.05) is 0 Å². The second-order valence-electron chi connectivity index (χ2n) is 4.20. The van der Waals surface area contributed by atoms with Gasteiger partial charge in [-0.1, -0.05) is 0 Å². The zero-order chi connectivity index (χ0) is 11.5. The monoisotopic (exact) mass is 291 g/mol. The molecule has 4 heteroatoms. The van der Waals surface area contributed by atoms with Crippen LogP contribution in [-0.2, 0) is 4.74 Å². The third kappa shape index (κ3) is 3.87. The van der Waals surface area contributed by atoms with Gasteiger partial charge in [0.2, 0.25) is 0 Å². The molecule has 1 atom stereocenters. The molecule has 15 heavy (non-hydrogen) atoms. The van der Waals surface area contributed by atoms with Crippen LogP contribution in [0.25, 0.3) is 0 Å². The number of methoxy groups -OCH3 is 1. The lowest BCUT2D eigenvalue weighted by atomic mass is 10.1. The summed E-state index contributed by atoms with van der Waals surface area (Å²) in [6, 6.07) is 2.44. The van der Waals surface area contributed by atoms with Crippen LogP contribution in [0, 0.1) is 0 Å². The minimum Gasteiger partial charge on any atom is -0.377 e. The van der Waals surface area contributed by atoms with Crippen molar-refractivity contribution >= 4 is 27.3 Å². The van der Waals surface area contributed by atoms with Gasteiger partial charge in [0.05, 0.1) is 5.60 Å². The fourth-order valence-corrected chi connectivity index (χ4v) is 2.93. The summed E-state index contributed by atoms with van der Waals surface area (Å²) >= 11 is 5.31. The average Bonchev–Trinajstić information content (AvgIpc) is 2.61. The molecule has 1 aromatic heterocycles. The molecule has 1 rings (SSSR count). The number of thiophene rings is 1. The standard InChI is InChI=1S/C11H18BrNOS/c1-8(10-9(12)5-6-15-10)13-7-11(2,3)14-4/h5-6,8,13H,7H2,1-4H3. The van der Waals surface area contributed by atoms with E-state index in [2.05, 4.69) is 53.5 Å². The predicted molar refractivity (Wildman–Crippen MR) is 69.5 cm³/mol. The SMILES string of the molecule is COC(C)(C)CNC(C)c1sccc1Br. The van der Waals surface area contributed by atoms with Crippen LogP contribution in [0.2, 0.25) is 0 Å². The Labute approximate surface area is 104 Å². The van der Waals surface area contributed by atoms with Crippen LogP contribution in [0.4, 0.5) is 0 Å². The first-order valence-corrected chi connectivity index (χ1v) is 6.65. The van der Waals surface area contributed by atoms with Crippen LogP contribution in [-0.4, -0.2) is 19.3 Å². The number of ether oxygens (including phenoxy) is 1. The number of hydrogen-bond acceptors (Lipinski definition) is 3. The van der Waals surface area contributed by atoms with E-state index < -0.39 is 0 Å². The van der Waals surface area contributed by atoms with Crippen LogP contribution >= 0.6 is 27.3 Å². The van der Waals surface area contributed by atoms with Gasteiger partial charge in [0.25, 0.3) is 0 Å². The molecule has 0 aliphatic heterocycles. The Balaban J connectivity index is 2.50. The second kappa shape index (κ2) is 5.43. The molecule has 0 saturated carbocycles. The van der Waals surface area contributed by atoms with Crippen molar-refractivity contribution < 1.29 is 4.74 Å². The maximum atomic E-state index is 5.36. The van der Waals surface area contributed by atoms with E-state index in [-0.39, 0.29) is 5.60 Å². The van der Waals surface area contributed by atoms with Crippen molar-refractivity contribution in [3.63, 3.8) is 0 Å². The Bertz CT molecular complexity index is 311. The van der Waals surface area contributed by atoms with E-state index in [0.717, 1.165) is 6.54 Å². The molecule has 0 aliphatic carbocycles. The number of rotatable bonds is 5. The lowest BCUT2D eigenvalue weighted by Crippen LogP contribution is -2.37. The summed E-state index contributed by atoms with van der Waals surface area (Å²) in [6.45, 7) is 7.17. The van der Waals surface area contributed by atoms with Gasteiger partial charge in [-0.2, -0.15) is 0 Å². The molecule has 0 amide bonds. The van der Waals surface area contributed by atoms with Gasteiger partial charge in [-0.15, -0.1) is 11.3 Å². The highest BCUT2D eigenvalue weighted by molar-refractivity contribution is 9.10. The fourth-order valence-electron chi connectivity index (χ4n) is 1.18. The van der Waals surface area contributed by atoms with Crippen molar-refractivity contribution in [3.05, 3.63) is 20.8 Å². The highest BCUT2D eigenvalue weighted by Crippen LogP contribution is 2.28. The van der Waals surface area contributed by atoms with E-state index >= 15 is 0 Å². The Morgan fingerprint density at radius 3 is 2.73 bits per heavy atom. The zero-order valence-corrected chi connectivity index (χ0v) is 12.0. The molecule has 0 aromatic carbocycles. The van der Waals surface area contributed by atoms with Crippen molar-refractivity contribution in [3.8, 4) is 0 Å². The van der Waals surface area contributed by atoms with Crippen molar-refractivity contribution in [1.82, 2.24) is 5.32 Å². The molecular formula is C11H18BrNOS. The third-order valence-corrected chi connectivity index (χ3v) is 4.48. The van der Waals surface area contributed by atoms with Gasteiger partial charge in [-0.3, -0.25) is 0 Å². The normalized spacial score (nSPS) is 14.2. The molecule has 0 bridgehead atoms. The van der Waals surface area contributed by atoms with Gasteiger partial charge < -0.3 is 10.1 Å². The van der Waals surface area contributed by atoms with Gasteiger partial charge >= 0.3 is 0 Å². The molecule has 1 aromatic rings. The van der Waals surface area contributed by atoms with E-state index in [1.165, 1.54) is 9.35 Å². The van der Waals surface area contributed by atoms with Gasteiger partial charge in [-0.25, -0.2) is 0 Å². The summed E-state index contributed by atoms with van der Waals surface area (Å²) in [5.41, 5.74) is -0.113. The zero-order valence-electron chi connectivity index (χ0n) is 9.63. The van der Waals surface area contributed by atoms with Gasteiger partial charge in [0.15, 0.2) is 0 Å². The number of halogens is 1. The van der Waals surface area contributed by atoms with Gasteiger partial charge in [0.1, 0.15) is 0 Å². The number of hydrogen-bond donors (Lipinski definition) is 1. The first kappa shape index (κ1) is 13.2. The summed E-state index contributed by atoms with van der Waals surface area (Å²) < 4.78 is 6.55. The van der Waals surface area contributed by atoms with E-state index in [9.17, 15) is 0 Å². The van der Waals surface area contributed by atoms with Crippen molar-refractivity contribution in [2.75, 3.05) is 13.7 Å². The van der Waals surface area contributed by atoms with Crippen molar-refractivity contribution in [1.29, 1.82) is 0 Å². The van der Waals surface area contributed by atoms with Crippen LogP contribution in [0.5, 0.6) is 0 Å². The van der Waals surface area contributed by atoms with Crippen LogP contribution in [0.1, 0.15) is 31.7 Å². The van der Waals surface area contributed by atoms with Gasteiger partial charge in [-0.05, 0) is 48.1 Å². The predicted octanol–water partition coefficient (Wildman–Crippen LogP) is 3.59. The Kier molecular flexibility index (Phi) is 4.77. The minimum atomic E-state index is -0.113. The Morgan fingerprint density at radius 2 is 2.27 bits per heavy atom. The van der Waals surface area contributed by atoms with E-state index in [1.54, 1.807) is 18.4 Å². The summed E-state index contributed by atoms with van der Waals surface area (Å²) in [7, 11) is 1.74. The Morgan fingerprint density at radius 1 is 1.60 bits per heavy atom. The molecule has 0 radical (unpaired) electrons. The first-order valence-electron chi connectivity index (χ1n) is 4.97. The quantitative estimate of drug-likeness (QED) is 0.895. The van der Waals surface area contributed by atoms with Crippen LogP contribution in [0.3, 0.4) is 0 Å². The van der Waals surface area contributed by atoms with Crippen LogP contribution in [0.15, 0.2) is 15.9 Å². The maximum absolute atomic E-state index is 5.36. The minimum absolute atomic E-state index is 0.113. The molecule has 0 spiro atoms. The Hall–Kier alpha value is 0.100. The second-order valence-corrected chi connectivity index (χ2v) is 6.00. The molecule has 0 aliphatic rings. The molecule has 1 unspecified atom stereocenters. The topological polar surface area (TPSA) is 21.3 Å². The molecule has 1 heterocycles.